The van der Waals surface area contributed by atoms with Gasteiger partial charge in [-0.15, -0.1) is 11.3 Å². The third-order valence-electron chi connectivity index (χ3n) is 14.8. The SMILES string of the molecule is c1ccc(N(c2ccc3c(c2)oc2c4ccccc4ccc32)c2ccc3c(c2)oc2c3ccc3c2ccc2c4ccc(N(c5ccccc5)c5ccc6c(c5)oc5c7ccccc7ccc65)cc4sc23)cc1. The molecule has 72 heavy (non-hydrogen) atoms. The number of anilines is 6. The van der Waals surface area contributed by atoms with Crippen molar-refractivity contribution in [3.63, 3.8) is 0 Å². The molecule has 0 saturated heterocycles. The summed E-state index contributed by atoms with van der Waals surface area (Å²) in [6.07, 6.45) is 0. The van der Waals surface area contributed by atoms with E-state index in [0.29, 0.717) is 0 Å². The molecule has 0 spiro atoms. The molecule has 5 nitrogen and oxygen atoms in total. The Morgan fingerprint density at radius 2 is 0.597 bits per heavy atom. The zero-order valence-corrected chi connectivity index (χ0v) is 39.3. The van der Waals surface area contributed by atoms with E-state index in [2.05, 4.69) is 240 Å². The van der Waals surface area contributed by atoms with Gasteiger partial charge in [0, 0.05) is 126 Å². The second-order valence-electron chi connectivity index (χ2n) is 18.8. The molecular formula is C66H38N2O3S. The number of rotatable bonds is 6. The lowest BCUT2D eigenvalue weighted by molar-refractivity contribution is 0.672. The van der Waals surface area contributed by atoms with Crippen LogP contribution >= 0.6 is 11.3 Å². The maximum Gasteiger partial charge on any atom is 0.143 e. The number of para-hydroxylation sites is 2. The Labute approximate surface area is 415 Å². The van der Waals surface area contributed by atoms with Crippen molar-refractivity contribution in [3.05, 3.63) is 231 Å². The summed E-state index contributed by atoms with van der Waals surface area (Å²) in [6, 6.07) is 82.3. The fourth-order valence-electron chi connectivity index (χ4n) is 11.4. The number of hydrogen-bond acceptors (Lipinski definition) is 6. The van der Waals surface area contributed by atoms with Crippen LogP contribution in [0.5, 0.6) is 0 Å². The van der Waals surface area contributed by atoms with Crippen LogP contribution in [-0.4, -0.2) is 0 Å². The van der Waals surface area contributed by atoms with Gasteiger partial charge in [0.15, 0.2) is 0 Å². The minimum absolute atomic E-state index is 0.837. The van der Waals surface area contributed by atoms with E-state index in [-0.39, 0.29) is 0 Å². The van der Waals surface area contributed by atoms with Crippen molar-refractivity contribution in [1.29, 1.82) is 0 Å². The minimum atomic E-state index is 0.837. The summed E-state index contributed by atoms with van der Waals surface area (Å²) in [4.78, 5) is 4.61. The van der Waals surface area contributed by atoms with E-state index in [0.717, 1.165) is 116 Å². The summed E-state index contributed by atoms with van der Waals surface area (Å²) >= 11 is 1.84. The largest absolute Gasteiger partial charge is 0.455 e. The molecule has 0 atom stereocenters. The average molecular weight is 939 g/mol. The molecule has 6 heteroatoms. The lowest BCUT2D eigenvalue weighted by Crippen LogP contribution is -2.09. The first kappa shape index (κ1) is 39.5. The van der Waals surface area contributed by atoms with E-state index in [4.69, 9.17) is 13.3 Å². The number of fused-ring (bicyclic) bond motifs is 19. The molecule has 0 N–H and O–H groups in total. The fourth-order valence-corrected chi connectivity index (χ4v) is 12.7. The summed E-state index contributed by atoms with van der Waals surface area (Å²) in [5, 5.41) is 16.0. The third-order valence-corrected chi connectivity index (χ3v) is 16.0. The molecule has 0 aliphatic rings. The van der Waals surface area contributed by atoms with Gasteiger partial charge in [-0.2, -0.15) is 0 Å². The van der Waals surface area contributed by atoms with Crippen LogP contribution in [0.2, 0.25) is 0 Å². The van der Waals surface area contributed by atoms with Gasteiger partial charge in [-0.25, -0.2) is 0 Å². The van der Waals surface area contributed by atoms with Crippen LogP contribution < -0.4 is 9.80 Å². The van der Waals surface area contributed by atoms with Crippen molar-refractivity contribution >= 4 is 164 Å². The molecule has 0 bridgehead atoms. The van der Waals surface area contributed by atoms with E-state index in [1.807, 2.05) is 11.3 Å². The quantitative estimate of drug-likeness (QED) is 0.166. The molecule has 336 valence electrons. The zero-order valence-electron chi connectivity index (χ0n) is 38.5. The van der Waals surface area contributed by atoms with Crippen LogP contribution in [0.3, 0.4) is 0 Å². The Hall–Kier alpha value is -9.36. The molecular weight excluding hydrogens is 901 g/mol. The van der Waals surface area contributed by atoms with Crippen molar-refractivity contribution in [2.24, 2.45) is 0 Å². The molecule has 0 saturated carbocycles. The van der Waals surface area contributed by atoms with Gasteiger partial charge >= 0.3 is 0 Å². The van der Waals surface area contributed by atoms with E-state index < -0.39 is 0 Å². The van der Waals surface area contributed by atoms with Gasteiger partial charge < -0.3 is 23.1 Å². The molecule has 4 heterocycles. The first-order chi connectivity index (χ1) is 35.7. The van der Waals surface area contributed by atoms with Crippen molar-refractivity contribution in [2.45, 2.75) is 0 Å². The van der Waals surface area contributed by atoms with Crippen LogP contribution in [0.15, 0.2) is 244 Å². The smallest absolute Gasteiger partial charge is 0.143 e. The van der Waals surface area contributed by atoms with Crippen molar-refractivity contribution in [3.8, 4) is 0 Å². The number of nitrogens with zero attached hydrogens (tertiary/aromatic N) is 2. The van der Waals surface area contributed by atoms with Crippen LogP contribution in [0.4, 0.5) is 34.1 Å². The van der Waals surface area contributed by atoms with E-state index >= 15 is 0 Å². The van der Waals surface area contributed by atoms with Gasteiger partial charge in [-0.05, 0) is 108 Å². The zero-order chi connectivity index (χ0) is 47.0. The monoisotopic (exact) mass is 938 g/mol. The second kappa shape index (κ2) is 15.1. The third kappa shape index (κ3) is 5.81. The Bertz CT molecular complexity index is 4580. The predicted molar refractivity (Wildman–Crippen MR) is 303 cm³/mol. The molecule has 0 fully saturated rings. The highest BCUT2D eigenvalue weighted by Gasteiger charge is 2.22. The maximum absolute atomic E-state index is 6.97. The molecule has 16 rings (SSSR count). The fraction of sp³-hybridized carbons (Fsp3) is 0. The molecule has 12 aromatic carbocycles. The van der Waals surface area contributed by atoms with Gasteiger partial charge in [0.1, 0.15) is 33.5 Å². The Morgan fingerprint density at radius 1 is 0.250 bits per heavy atom. The highest BCUT2D eigenvalue weighted by Crippen LogP contribution is 2.47. The van der Waals surface area contributed by atoms with Crippen molar-refractivity contribution < 1.29 is 13.3 Å². The van der Waals surface area contributed by atoms with Gasteiger partial charge in [0.2, 0.25) is 0 Å². The van der Waals surface area contributed by atoms with Crippen LogP contribution in [-0.2, 0) is 0 Å². The molecule has 4 aromatic heterocycles. The Balaban J connectivity index is 0.802. The number of thiophene rings is 1. The maximum atomic E-state index is 6.97. The summed E-state index contributed by atoms with van der Waals surface area (Å²) in [5.74, 6) is 0. The number of benzene rings is 12. The van der Waals surface area contributed by atoms with E-state index in [9.17, 15) is 0 Å². The molecule has 0 unspecified atom stereocenters. The molecule has 16 aromatic rings. The molecule has 0 aliphatic heterocycles. The topological polar surface area (TPSA) is 45.9 Å². The van der Waals surface area contributed by atoms with Crippen molar-refractivity contribution in [2.75, 3.05) is 9.80 Å². The van der Waals surface area contributed by atoms with Crippen molar-refractivity contribution in [1.82, 2.24) is 0 Å². The molecule has 0 radical (unpaired) electrons. The molecule has 0 aliphatic carbocycles. The summed E-state index contributed by atoms with van der Waals surface area (Å²) in [5.41, 5.74) is 11.5. The number of furan rings is 3. The first-order valence-corrected chi connectivity index (χ1v) is 25.1. The van der Waals surface area contributed by atoms with Gasteiger partial charge in [-0.3, -0.25) is 0 Å². The summed E-state index contributed by atoms with van der Waals surface area (Å²) in [6.45, 7) is 0. The van der Waals surface area contributed by atoms with Gasteiger partial charge in [0.25, 0.3) is 0 Å². The normalized spacial score (nSPS) is 12.2. The first-order valence-electron chi connectivity index (χ1n) is 24.3. The summed E-state index contributed by atoms with van der Waals surface area (Å²) in [7, 11) is 0. The molecule has 0 amide bonds. The lowest BCUT2D eigenvalue weighted by Gasteiger charge is -2.25. The van der Waals surface area contributed by atoms with E-state index in [1.54, 1.807) is 0 Å². The highest BCUT2D eigenvalue weighted by molar-refractivity contribution is 7.26. The lowest BCUT2D eigenvalue weighted by atomic mass is 10.0. The number of hydrogen-bond donors (Lipinski definition) is 0. The van der Waals surface area contributed by atoms with E-state index in [1.165, 1.54) is 36.3 Å². The second-order valence-corrected chi connectivity index (χ2v) is 19.8. The highest BCUT2D eigenvalue weighted by atomic mass is 32.1. The van der Waals surface area contributed by atoms with Gasteiger partial charge in [0.05, 0.1) is 0 Å². The Kier molecular flexibility index (Phi) is 8.26. The van der Waals surface area contributed by atoms with Crippen LogP contribution in [0.1, 0.15) is 0 Å². The standard InChI is InChI=1S/C66H38N2O3S/c1-3-13-41(14-4-1)67(43-21-27-49-53-25-19-39-11-7-9-17-47(39)63(53)69-59(49)35-43)44-22-29-51-55-31-34-58-56(65(55)71-61(51)36-44)32-33-57-52-30-24-46(38-62(52)72-66(57)58)68(42-15-5-2-6-16-42)45-23-28-50-54-26-20-40-12-8-10-18-48(40)64(54)70-60(50)37-45/h1-38H. The average Bonchev–Trinajstić information content (AvgIpc) is 4.21. The minimum Gasteiger partial charge on any atom is -0.455 e. The van der Waals surface area contributed by atoms with Crippen LogP contribution in [0.25, 0.3) is 118 Å². The Morgan fingerprint density at radius 3 is 1.08 bits per heavy atom. The van der Waals surface area contributed by atoms with Gasteiger partial charge in [-0.1, -0.05) is 115 Å². The summed E-state index contributed by atoms with van der Waals surface area (Å²) < 4.78 is 22.8. The predicted octanol–water partition coefficient (Wildman–Crippen LogP) is 20.2. The van der Waals surface area contributed by atoms with Crippen LogP contribution in [0, 0.1) is 0 Å².